The van der Waals surface area contributed by atoms with Crippen LogP contribution in [0.2, 0.25) is 20.1 Å². The topological polar surface area (TPSA) is 42.2 Å². The zero-order valence-corrected chi connectivity index (χ0v) is 21.9. The average Bonchev–Trinajstić information content (AvgIpc) is 2.99. The Morgan fingerprint density at radius 2 is 1.44 bits per heavy atom. The van der Waals surface area contributed by atoms with Gasteiger partial charge in [0, 0.05) is 26.9 Å². The fraction of sp³-hybridized carbons (Fsp3) is 0.125. The second-order valence-corrected chi connectivity index (χ2v) is 10.5. The van der Waals surface area contributed by atoms with Crippen LogP contribution in [0.3, 0.4) is 0 Å². The maximum absolute atomic E-state index is 13.4. The molecule has 1 N–H and O–H groups in total. The molecule has 0 aliphatic carbocycles. The highest BCUT2D eigenvalue weighted by Crippen LogP contribution is 2.54. The summed E-state index contributed by atoms with van der Waals surface area (Å²) in [6, 6.07) is 16.6. The summed E-state index contributed by atoms with van der Waals surface area (Å²) in [5.74, 6) is 0. The number of nitrogens with one attached hydrogen (secondary N) is 1. The molecule has 4 aromatic rings. The summed E-state index contributed by atoms with van der Waals surface area (Å²) in [6.07, 6.45) is 0. The van der Waals surface area contributed by atoms with Gasteiger partial charge < -0.3 is 10.2 Å². The maximum Gasteiger partial charge on any atom is 0.295 e. The van der Waals surface area contributed by atoms with Gasteiger partial charge in [-0.1, -0.05) is 76.4 Å². The molecule has 5 nitrogen and oxygen atoms in total. The highest BCUT2D eigenvalue weighted by atomic mass is 35.5. The molecule has 0 amide bonds. The van der Waals surface area contributed by atoms with Crippen LogP contribution in [0.25, 0.3) is 5.69 Å². The zero-order chi connectivity index (χ0) is 24.1. The van der Waals surface area contributed by atoms with Crippen molar-refractivity contribution in [2.24, 2.45) is 7.05 Å². The van der Waals surface area contributed by atoms with Crippen LogP contribution in [0.15, 0.2) is 69.2 Å². The first-order valence-electron chi connectivity index (χ1n) is 10.3. The van der Waals surface area contributed by atoms with Crippen molar-refractivity contribution < 1.29 is 0 Å². The standard InChI is InChI=1S/C24H18Cl4N4OS/c1-13-21(24(33)32(30(13)2)16-6-4-3-5-7-16)29-12-31-22-17(27)8-14(25)10-19(22)34-20-11-15(26)9-18(28)23(20)31/h3-11,29H,12H2,1-2H3. The fourth-order valence-electron chi connectivity index (χ4n) is 4.08. The van der Waals surface area contributed by atoms with E-state index >= 15 is 0 Å². The molecule has 0 saturated heterocycles. The minimum Gasteiger partial charge on any atom is -0.361 e. The third-order valence-corrected chi connectivity index (χ3v) is 7.79. The molecule has 1 aliphatic heterocycles. The summed E-state index contributed by atoms with van der Waals surface area (Å²) in [4.78, 5) is 17.1. The van der Waals surface area contributed by atoms with Crippen molar-refractivity contribution in [1.82, 2.24) is 9.36 Å². The number of hydrogen-bond donors (Lipinski definition) is 1. The number of halogens is 4. The largest absolute Gasteiger partial charge is 0.361 e. The first-order chi connectivity index (χ1) is 16.3. The number of rotatable bonds is 4. The number of anilines is 3. The Morgan fingerprint density at radius 1 is 0.882 bits per heavy atom. The van der Waals surface area contributed by atoms with Crippen LogP contribution in [-0.2, 0) is 7.05 Å². The van der Waals surface area contributed by atoms with Gasteiger partial charge in [0.15, 0.2) is 0 Å². The molecule has 174 valence electrons. The van der Waals surface area contributed by atoms with E-state index in [4.69, 9.17) is 46.4 Å². The van der Waals surface area contributed by atoms with Gasteiger partial charge in [-0.05, 0) is 43.3 Å². The predicted octanol–water partition coefficient (Wildman–Crippen LogP) is 7.77. The molecule has 0 radical (unpaired) electrons. The first kappa shape index (κ1) is 23.5. The van der Waals surface area contributed by atoms with E-state index in [0.717, 1.165) is 32.5 Å². The highest BCUT2D eigenvalue weighted by molar-refractivity contribution is 7.99. The lowest BCUT2D eigenvalue weighted by atomic mass is 10.2. The van der Waals surface area contributed by atoms with Crippen molar-refractivity contribution >= 4 is 75.2 Å². The van der Waals surface area contributed by atoms with Crippen LogP contribution in [0.1, 0.15) is 5.69 Å². The summed E-state index contributed by atoms with van der Waals surface area (Å²) in [6.45, 7) is 2.15. The zero-order valence-electron chi connectivity index (χ0n) is 18.1. The van der Waals surface area contributed by atoms with Crippen LogP contribution in [-0.4, -0.2) is 16.0 Å². The lowest BCUT2D eigenvalue weighted by Crippen LogP contribution is -2.30. The highest BCUT2D eigenvalue weighted by Gasteiger charge is 2.29. The van der Waals surface area contributed by atoms with Gasteiger partial charge in [-0.3, -0.25) is 9.48 Å². The van der Waals surface area contributed by atoms with Crippen molar-refractivity contribution in [3.63, 3.8) is 0 Å². The number of aromatic nitrogens is 2. The Kier molecular flexibility index (Phi) is 6.29. The van der Waals surface area contributed by atoms with Crippen LogP contribution in [0.5, 0.6) is 0 Å². The monoisotopic (exact) mass is 550 g/mol. The molecule has 0 saturated carbocycles. The van der Waals surface area contributed by atoms with E-state index in [1.54, 1.807) is 16.8 Å². The Labute approximate surface area is 220 Å². The Balaban J connectivity index is 1.59. The van der Waals surface area contributed by atoms with Crippen LogP contribution < -0.4 is 15.8 Å². The molecule has 0 spiro atoms. The van der Waals surface area contributed by atoms with Gasteiger partial charge in [0.1, 0.15) is 5.69 Å². The van der Waals surface area contributed by atoms with Gasteiger partial charge in [-0.15, -0.1) is 0 Å². The molecule has 5 rings (SSSR count). The number of nitrogens with zero attached hydrogens (tertiary/aromatic N) is 3. The van der Waals surface area contributed by atoms with E-state index in [-0.39, 0.29) is 12.2 Å². The van der Waals surface area contributed by atoms with E-state index in [2.05, 4.69) is 5.32 Å². The van der Waals surface area contributed by atoms with Gasteiger partial charge in [-0.25, -0.2) is 4.68 Å². The number of fused-ring (bicyclic) bond motifs is 2. The Morgan fingerprint density at radius 3 is 2.00 bits per heavy atom. The third-order valence-electron chi connectivity index (χ3n) is 5.71. The van der Waals surface area contributed by atoms with Crippen LogP contribution in [0.4, 0.5) is 17.1 Å². The Hall–Kier alpha value is -2.22. The van der Waals surface area contributed by atoms with E-state index in [9.17, 15) is 4.79 Å². The van der Waals surface area contributed by atoms with Crippen LogP contribution >= 0.6 is 58.2 Å². The van der Waals surface area contributed by atoms with E-state index in [1.165, 1.54) is 11.8 Å². The van der Waals surface area contributed by atoms with Crippen molar-refractivity contribution in [1.29, 1.82) is 0 Å². The molecule has 0 atom stereocenters. The van der Waals surface area contributed by atoms with Crippen molar-refractivity contribution in [3.8, 4) is 5.69 Å². The third kappa shape index (κ3) is 3.97. The molecule has 1 aromatic heterocycles. The van der Waals surface area contributed by atoms with Gasteiger partial charge in [0.05, 0.1) is 39.5 Å². The van der Waals surface area contributed by atoms with Gasteiger partial charge >= 0.3 is 0 Å². The second-order valence-electron chi connectivity index (χ2n) is 7.77. The average molecular weight is 552 g/mol. The smallest absolute Gasteiger partial charge is 0.295 e. The second kappa shape index (κ2) is 9.10. The molecule has 0 bridgehead atoms. The lowest BCUT2D eigenvalue weighted by molar-refractivity contribution is 0.630. The number of para-hydroxylation sites is 1. The van der Waals surface area contributed by atoms with Crippen LogP contribution in [0, 0.1) is 6.92 Å². The van der Waals surface area contributed by atoms with E-state index in [0.29, 0.717) is 25.8 Å². The SMILES string of the molecule is Cc1c(NCN2c3c(Cl)cc(Cl)cc3Sc3cc(Cl)cc(Cl)c32)c(=O)n(-c2ccccc2)n1C. The molecule has 1 aliphatic rings. The summed E-state index contributed by atoms with van der Waals surface area (Å²) >= 11 is 27.3. The molecular weight excluding hydrogens is 534 g/mol. The fourth-order valence-corrected chi connectivity index (χ4v) is 6.76. The number of hydrogen-bond acceptors (Lipinski definition) is 4. The molecule has 34 heavy (non-hydrogen) atoms. The summed E-state index contributed by atoms with van der Waals surface area (Å²) in [5.41, 5.74) is 3.44. The first-order valence-corrected chi connectivity index (χ1v) is 12.6. The quantitative estimate of drug-likeness (QED) is 0.281. The minimum atomic E-state index is -0.151. The van der Waals surface area contributed by atoms with Crippen molar-refractivity contribution in [2.75, 3.05) is 16.9 Å². The lowest BCUT2D eigenvalue weighted by Gasteiger charge is -2.34. The van der Waals surface area contributed by atoms with Gasteiger partial charge in [-0.2, -0.15) is 0 Å². The molecular formula is C24H18Cl4N4OS. The number of benzene rings is 3. The maximum atomic E-state index is 13.4. The minimum absolute atomic E-state index is 0.151. The van der Waals surface area contributed by atoms with Gasteiger partial charge in [0.25, 0.3) is 5.56 Å². The molecule has 2 heterocycles. The van der Waals surface area contributed by atoms with Crippen molar-refractivity contribution in [2.45, 2.75) is 16.7 Å². The summed E-state index contributed by atoms with van der Waals surface area (Å²) in [5, 5.41) is 5.36. The summed E-state index contributed by atoms with van der Waals surface area (Å²) in [7, 11) is 1.86. The molecule has 0 unspecified atom stereocenters. The molecule has 0 fully saturated rings. The van der Waals surface area contributed by atoms with E-state index in [1.807, 2.05) is 66.0 Å². The molecule has 3 aromatic carbocycles. The predicted molar refractivity (Wildman–Crippen MR) is 143 cm³/mol. The Bertz CT molecular complexity index is 1430. The van der Waals surface area contributed by atoms with Crippen molar-refractivity contribution in [3.05, 3.63) is 90.7 Å². The summed E-state index contributed by atoms with van der Waals surface area (Å²) < 4.78 is 3.46. The van der Waals surface area contributed by atoms with Gasteiger partial charge in [0.2, 0.25) is 0 Å². The van der Waals surface area contributed by atoms with E-state index < -0.39 is 0 Å². The molecule has 10 heteroatoms. The normalized spacial score (nSPS) is 12.5.